The molecule has 0 aliphatic rings. The Morgan fingerprint density at radius 2 is 1.94 bits per heavy atom. The summed E-state index contributed by atoms with van der Waals surface area (Å²) in [5, 5.41) is 10.00. The Labute approximate surface area is 117 Å². The van der Waals surface area contributed by atoms with Crippen LogP contribution < -0.4 is 0 Å². The van der Waals surface area contributed by atoms with E-state index in [0.717, 1.165) is 14.3 Å². The third-order valence-corrected chi connectivity index (χ3v) is 5.52. The summed E-state index contributed by atoms with van der Waals surface area (Å²) in [4.78, 5) is 0.535. The number of thiophene rings is 1. The van der Waals surface area contributed by atoms with Gasteiger partial charge in [0, 0.05) is 14.9 Å². The van der Waals surface area contributed by atoms with E-state index in [1.54, 1.807) is 6.07 Å². The summed E-state index contributed by atoms with van der Waals surface area (Å²) in [6.07, 6.45) is -1.17. The molecular formula is C11H6Br2F2OS. The van der Waals surface area contributed by atoms with Crippen LogP contribution in [0, 0.1) is 11.6 Å². The second-order valence-electron chi connectivity index (χ2n) is 3.32. The first kappa shape index (κ1) is 13.1. The van der Waals surface area contributed by atoms with Crippen LogP contribution in [0.1, 0.15) is 16.5 Å². The van der Waals surface area contributed by atoms with Gasteiger partial charge in [0.05, 0.1) is 3.79 Å². The van der Waals surface area contributed by atoms with Gasteiger partial charge in [-0.15, -0.1) is 11.3 Å². The molecule has 0 fully saturated rings. The highest BCUT2D eigenvalue weighted by Crippen LogP contribution is 2.38. The second-order valence-corrected chi connectivity index (χ2v) is 6.57. The third kappa shape index (κ3) is 2.59. The molecule has 2 rings (SSSR count). The highest BCUT2D eigenvalue weighted by atomic mass is 79.9. The number of hydrogen-bond acceptors (Lipinski definition) is 2. The topological polar surface area (TPSA) is 20.2 Å². The molecule has 17 heavy (non-hydrogen) atoms. The summed E-state index contributed by atoms with van der Waals surface area (Å²) in [5.74, 6) is -1.98. The van der Waals surface area contributed by atoms with E-state index in [0.29, 0.717) is 4.88 Å². The molecule has 6 heteroatoms. The molecule has 1 atom stereocenters. The fourth-order valence-corrected chi connectivity index (χ4v) is 3.48. The van der Waals surface area contributed by atoms with E-state index in [1.807, 2.05) is 0 Å². The van der Waals surface area contributed by atoms with Crippen LogP contribution in [-0.4, -0.2) is 5.11 Å². The van der Waals surface area contributed by atoms with Gasteiger partial charge < -0.3 is 5.11 Å². The molecule has 0 aliphatic carbocycles. The molecule has 1 nitrogen and oxygen atoms in total. The third-order valence-electron chi connectivity index (χ3n) is 2.21. The van der Waals surface area contributed by atoms with Gasteiger partial charge in [-0.2, -0.15) is 0 Å². The van der Waals surface area contributed by atoms with Gasteiger partial charge >= 0.3 is 0 Å². The van der Waals surface area contributed by atoms with E-state index in [-0.39, 0.29) is 5.56 Å². The summed E-state index contributed by atoms with van der Waals surface area (Å²) in [6, 6.07) is 5.43. The Kier molecular flexibility index (Phi) is 3.97. The molecule has 0 amide bonds. The van der Waals surface area contributed by atoms with Crippen LogP contribution >= 0.6 is 43.2 Å². The summed E-state index contributed by atoms with van der Waals surface area (Å²) >= 11 is 7.82. The zero-order valence-corrected chi connectivity index (χ0v) is 12.2. The number of halogens is 4. The molecule has 1 N–H and O–H groups in total. The van der Waals surface area contributed by atoms with Crippen molar-refractivity contribution >= 4 is 43.2 Å². The zero-order chi connectivity index (χ0) is 12.6. The lowest BCUT2D eigenvalue weighted by Crippen LogP contribution is -2.02. The Morgan fingerprint density at radius 3 is 2.53 bits per heavy atom. The molecular weight excluding hydrogens is 378 g/mol. The Morgan fingerprint density at radius 1 is 1.24 bits per heavy atom. The quantitative estimate of drug-likeness (QED) is 0.801. The van der Waals surface area contributed by atoms with E-state index in [1.165, 1.54) is 23.5 Å². The molecule has 0 saturated carbocycles. The van der Waals surface area contributed by atoms with Crippen molar-refractivity contribution in [2.24, 2.45) is 0 Å². The minimum atomic E-state index is -1.17. The van der Waals surface area contributed by atoms with Crippen molar-refractivity contribution in [1.29, 1.82) is 0 Å². The van der Waals surface area contributed by atoms with Crippen LogP contribution in [0.4, 0.5) is 8.78 Å². The lowest BCUT2D eigenvalue weighted by atomic mass is 10.1. The maximum Gasteiger partial charge on any atom is 0.164 e. The van der Waals surface area contributed by atoms with Gasteiger partial charge in [0.15, 0.2) is 11.6 Å². The molecule has 2 aromatic rings. The maximum atomic E-state index is 13.5. The molecule has 0 radical (unpaired) electrons. The van der Waals surface area contributed by atoms with Gasteiger partial charge in [-0.3, -0.25) is 0 Å². The Hall–Kier alpha value is -0.300. The number of benzene rings is 1. The largest absolute Gasteiger partial charge is 0.383 e. The molecule has 0 aliphatic heterocycles. The average Bonchev–Trinajstić information content (AvgIpc) is 2.62. The summed E-state index contributed by atoms with van der Waals surface area (Å²) in [7, 11) is 0. The first-order valence-electron chi connectivity index (χ1n) is 4.57. The number of aliphatic hydroxyl groups excluding tert-OH is 1. The van der Waals surface area contributed by atoms with Crippen molar-refractivity contribution in [2.45, 2.75) is 6.10 Å². The van der Waals surface area contributed by atoms with Crippen LogP contribution in [0.25, 0.3) is 0 Å². The van der Waals surface area contributed by atoms with Crippen LogP contribution in [-0.2, 0) is 0 Å². The van der Waals surface area contributed by atoms with Crippen molar-refractivity contribution in [1.82, 2.24) is 0 Å². The van der Waals surface area contributed by atoms with Crippen LogP contribution in [0.5, 0.6) is 0 Å². The van der Waals surface area contributed by atoms with E-state index in [9.17, 15) is 13.9 Å². The van der Waals surface area contributed by atoms with Crippen molar-refractivity contribution < 1.29 is 13.9 Å². The fourth-order valence-electron chi connectivity index (χ4n) is 1.38. The molecule has 0 saturated heterocycles. The van der Waals surface area contributed by atoms with Crippen molar-refractivity contribution in [3.63, 3.8) is 0 Å². The molecule has 0 spiro atoms. The predicted octanol–water partition coefficient (Wildman–Crippen LogP) is 4.63. The maximum absolute atomic E-state index is 13.5. The van der Waals surface area contributed by atoms with Crippen LogP contribution in [0.15, 0.2) is 32.5 Å². The normalized spacial score (nSPS) is 12.8. The molecule has 1 unspecified atom stereocenters. The SMILES string of the molecule is OC(c1cc(Br)c(Br)s1)c1cccc(F)c1F. The number of rotatable bonds is 2. The molecule has 1 heterocycles. The van der Waals surface area contributed by atoms with Gasteiger partial charge in [-0.25, -0.2) is 8.78 Å². The monoisotopic (exact) mass is 382 g/mol. The second kappa shape index (κ2) is 5.14. The lowest BCUT2D eigenvalue weighted by molar-refractivity contribution is 0.217. The van der Waals surface area contributed by atoms with E-state index in [4.69, 9.17) is 0 Å². The van der Waals surface area contributed by atoms with Crippen molar-refractivity contribution in [2.75, 3.05) is 0 Å². The van der Waals surface area contributed by atoms with Gasteiger partial charge in [-0.05, 0) is 44.0 Å². The van der Waals surface area contributed by atoms with E-state index >= 15 is 0 Å². The smallest absolute Gasteiger partial charge is 0.164 e. The summed E-state index contributed by atoms with van der Waals surface area (Å²) in [5.41, 5.74) is -0.0637. The Balaban J connectivity index is 2.43. The minimum Gasteiger partial charge on any atom is -0.383 e. The van der Waals surface area contributed by atoms with Gasteiger partial charge in [-0.1, -0.05) is 12.1 Å². The van der Waals surface area contributed by atoms with Gasteiger partial charge in [0.25, 0.3) is 0 Å². The van der Waals surface area contributed by atoms with E-state index in [2.05, 4.69) is 31.9 Å². The summed E-state index contributed by atoms with van der Waals surface area (Å²) < 4.78 is 28.1. The number of aliphatic hydroxyl groups is 1. The molecule has 90 valence electrons. The first-order valence-corrected chi connectivity index (χ1v) is 6.97. The standard InChI is InChI=1S/C11H6Br2F2OS/c12-6-4-8(17-11(6)13)10(16)5-2-1-3-7(14)9(5)15/h1-4,10,16H. The highest BCUT2D eigenvalue weighted by molar-refractivity contribution is 9.13. The lowest BCUT2D eigenvalue weighted by Gasteiger charge is -2.10. The number of hydrogen-bond donors (Lipinski definition) is 1. The molecule has 0 bridgehead atoms. The Bertz CT molecular complexity index is 537. The van der Waals surface area contributed by atoms with Crippen molar-refractivity contribution in [3.8, 4) is 0 Å². The minimum absolute atomic E-state index is 0.0637. The molecule has 1 aromatic heterocycles. The van der Waals surface area contributed by atoms with E-state index < -0.39 is 17.7 Å². The first-order chi connectivity index (χ1) is 8.00. The summed E-state index contributed by atoms with van der Waals surface area (Å²) in [6.45, 7) is 0. The average molecular weight is 384 g/mol. The zero-order valence-electron chi connectivity index (χ0n) is 8.25. The van der Waals surface area contributed by atoms with Crippen LogP contribution in [0.3, 0.4) is 0 Å². The van der Waals surface area contributed by atoms with Gasteiger partial charge in [0.1, 0.15) is 6.10 Å². The van der Waals surface area contributed by atoms with Gasteiger partial charge in [0.2, 0.25) is 0 Å². The van der Waals surface area contributed by atoms with Crippen LogP contribution in [0.2, 0.25) is 0 Å². The highest BCUT2D eigenvalue weighted by Gasteiger charge is 2.20. The molecule has 1 aromatic carbocycles. The fraction of sp³-hybridized carbons (Fsp3) is 0.0909. The predicted molar refractivity (Wildman–Crippen MR) is 70.1 cm³/mol. The van der Waals surface area contributed by atoms with Crippen molar-refractivity contribution in [3.05, 3.63) is 54.6 Å².